The predicted octanol–water partition coefficient (Wildman–Crippen LogP) is 3.29. The van der Waals surface area contributed by atoms with Gasteiger partial charge in [-0.05, 0) is 52.5 Å². The van der Waals surface area contributed by atoms with E-state index in [2.05, 4.69) is 0 Å². The Morgan fingerprint density at radius 2 is 1.67 bits per heavy atom. The number of rotatable bonds is 1. The number of hydrogen-bond donors (Lipinski definition) is 0. The van der Waals surface area contributed by atoms with E-state index in [1.165, 1.54) is 11.0 Å². The molecular formula is C18H29FN2O3. The SMILES string of the molecule is CC(C)(C)OC(=O)N1CCN(C(=O)C2(F)C=CCCCCC2)CC1. The Bertz CT molecular complexity index is 493. The molecule has 1 aliphatic heterocycles. The third-order valence-electron chi connectivity index (χ3n) is 4.37. The van der Waals surface area contributed by atoms with Gasteiger partial charge in [0.25, 0.3) is 5.91 Å². The van der Waals surface area contributed by atoms with Crippen molar-refractivity contribution in [2.45, 2.75) is 64.1 Å². The first-order valence-corrected chi connectivity index (χ1v) is 8.85. The lowest BCUT2D eigenvalue weighted by molar-refractivity contribution is -0.143. The first kappa shape index (κ1) is 18.7. The molecule has 1 heterocycles. The number of nitrogens with zero attached hydrogens (tertiary/aromatic N) is 2. The third-order valence-corrected chi connectivity index (χ3v) is 4.37. The van der Waals surface area contributed by atoms with Gasteiger partial charge in [-0.3, -0.25) is 4.79 Å². The number of halogens is 1. The zero-order valence-electron chi connectivity index (χ0n) is 15.0. The number of amides is 2. The van der Waals surface area contributed by atoms with Crippen LogP contribution in [0.15, 0.2) is 12.2 Å². The van der Waals surface area contributed by atoms with E-state index in [0.29, 0.717) is 26.2 Å². The van der Waals surface area contributed by atoms with Gasteiger partial charge in [-0.15, -0.1) is 0 Å². The van der Waals surface area contributed by atoms with Crippen LogP contribution in [-0.2, 0) is 9.53 Å². The highest BCUT2D eigenvalue weighted by Crippen LogP contribution is 2.28. The molecule has 1 fully saturated rings. The number of hydrogen-bond acceptors (Lipinski definition) is 3. The second kappa shape index (κ2) is 7.53. The fraction of sp³-hybridized carbons (Fsp3) is 0.778. The van der Waals surface area contributed by atoms with Gasteiger partial charge in [0.1, 0.15) is 5.60 Å². The topological polar surface area (TPSA) is 49.9 Å². The number of ether oxygens (including phenoxy) is 1. The van der Waals surface area contributed by atoms with Crippen LogP contribution >= 0.6 is 0 Å². The van der Waals surface area contributed by atoms with Gasteiger partial charge in [-0.1, -0.05) is 12.5 Å². The molecule has 0 N–H and O–H groups in total. The summed E-state index contributed by atoms with van der Waals surface area (Å²) in [6.07, 6.45) is 6.65. The van der Waals surface area contributed by atoms with Gasteiger partial charge in [0.15, 0.2) is 0 Å². The van der Waals surface area contributed by atoms with Gasteiger partial charge in [-0.25, -0.2) is 9.18 Å². The van der Waals surface area contributed by atoms with Gasteiger partial charge in [0.2, 0.25) is 5.67 Å². The highest BCUT2D eigenvalue weighted by molar-refractivity contribution is 5.87. The number of piperazine rings is 1. The van der Waals surface area contributed by atoms with Crippen molar-refractivity contribution in [2.24, 2.45) is 0 Å². The first-order chi connectivity index (χ1) is 11.2. The molecule has 0 aromatic heterocycles. The maximum absolute atomic E-state index is 15.1. The minimum Gasteiger partial charge on any atom is -0.444 e. The lowest BCUT2D eigenvalue weighted by Crippen LogP contribution is -2.55. The summed E-state index contributed by atoms with van der Waals surface area (Å²) >= 11 is 0. The molecule has 24 heavy (non-hydrogen) atoms. The van der Waals surface area contributed by atoms with Gasteiger partial charge in [-0.2, -0.15) is 0 Å². The number of carbonyl (C=O) groups is 2. The Balaban J connectivity index is 1.92. The maximum Gasteiger partial charge on any atom is 0.410 e. The maximum atomic E-state index is 15.1. The van der Waals surface area contributed by atoms with E-state index < -0.39 is 17.2 Å². The molecule has 6 heteroatoms. The lowest BCUT2D eigenvalue weighted by Gasteiger charge is -2.38. The molecule has 0 spiro atoms. The van der Waals surface area contributed by atoms with Crippen LogP contribution in [0.25, 0.3) is 0 Å². The van der Waals surface area contributed by atoms with Crippen LogP contribution in [0, 0.1) is 0 Å². The van der Waals surface area contributed by atoms with E-state index in [1.54, 1.807) is 11.0 Å². The molecule has 0 bridgehead atoms. The zero-order valence-corrected chi connectivity index (χ0v) is 15.0. The molecule has 1 atom stereocenters. The largest absolute Gasteiger partial charge is 0.444 e. The van der Waals surface area contributed by atoms with Crippen LogP contribution < -0.4 is 0 Å². The molecule has 2 aliphatic rings. The number of carbonyl (C=O) groups excluding carboxylic acids is 2. The highest BCUT2D eigenvalue weighted by atomic mass is 19.1. The van der Waals surface area contributed by atoms with Gasteiger partial charge >= 0.3 is 6.09 Å². The molecule has 5 nitrogen and oxygen atoms in total. The molecular weight excluding hydrogens is 311 g/mol. The monoisotopic (exact) mass is 340 g/mol. The van der Waals surface area contributed by atoms with E-state index in [-0.39, 0.29) is 12.5 Å². The van der Waals surface area contributed by atoms with Crippen LogP contribution in [0.3, 0.4) is 0 Å². The Labute approximate surface area is 143 Å². The van der Waals surface area contributed by atoms with Crippen LogP contribution in [0.5, 0.6) is 0 Å². The average Bonchev–Trinajstić information content (AvgIpc) is 2.49. The Morgan fingerprint density at radius 3 is 2.29 bits per heavy atom. The van der Waals surface area contributed by atoms with E-state index in [9.17, 15) is 9.59 Å². The lowest BCUT2D eigenvalue weighted by atomic mass is 9.92. The molecule has 0 aromatic carbocycles. The molecule has 0 radical (unpaired) electrons. The Morgan fingerprint density at radius 1 is 1.04 bits per heavy atom. The fourth-order valence-corrected chi connectivity index (χ4v) is 3.03. The molecule has 1 unspecified atom stereocenters. The molecule has 0 aromatic rings. The second-order valence-electron chi connectivity index (χ2n) is 7.62. The van der Waals surface area contributed by atoms with E-state index in [4.69, 9.17) is 4.74 Å². The molecule has 136 valence electrons. The van der Waals surface area contributed by atoms with Crippen molar-refractivity contribution < 1.29 is 18.7 Å². The van der Waals surface area contributed by atoms with E-state index in [0.717, 1.165) is 25.7 Å². The Hall–Kier alpha value is -1.59. The quantitative estimate of drug-likeness (QED) is 0.688. The van der Waals surface area contributed by atoms with Crippen molar-refractivity contribution in [3.63, 3.8) is 0 Å². The molecule has 1 saturated heterocycles. The van der Waals surface area contributed by atoms with Crippen molar-refractivity contribution in [3.8, 4) is 0 Å². The van der Waals surface area contributed by atoms with Crippen LogP contribution in [0.4, 0.5) is 9.18 Å². The van der Waals surface area contributed by atoms with Gasteiger partial charge < -0.3 is 14.5 Å². The van der Waals surface area contributed by atoms with Crippen molar-refractivity contribution in [3.05, 3.63) is 12.2 Å². The summed E-state index contributed by atoms with van der Waals surface area (Å²) in [6, 6.07) is 0. The fourth-order valence-electron chi connectivity index (χ4n) is 3.03. The highest BCUT2D eigenvalue weighted by Gasteiger charge is 2.40. The number of alkyl halides is 1. The summed E-state index contributed by atoms with van der Waals surface area (Å²) in [5.74, 6) is -0.468. The van der Waals surface area contributed by atoms with E-state index in [1.807, 2.05) is 20.8 Å². The summed E-state index contributed by atoms with van der Waals surface area (Å²) in [5, 5.41) is 0. The summed E-state index contributed by atoms with van der Waals surface area (Å²) in [5.41, 5.74) is -2.44. The van der Waals surface area contributed by atoms with Gasteiger partial charge in [0, 0.05) is 26.2 Å². The standard InChI is InChI=1S/C18H29FN2O3/c1-17(2,3)24-16(23)21-13-11-20(12-14-21)15(22)18(19)9-7-5-4-6-8-10-18/h7,9H,4-6,8,10-14H2,1-3H3. The van der Waals surface area contributed by atoms with E-state index >= 15 is 4.39 Å². The van der Waals surface area contributed by atoms with Crippen molar-refractivity contribution in [2.75, 3.05) is 26.2 Å². The van der Waals surface area contributed by atoms with Crippen LogP contribution in [-0.4, -0.2) is 59.2 Å². The Kier molecular flexibility index (Phi) is 5.88. The minimum absolute atomic E-state index is 0.245. The molecule has 2 rings (SSSR count). The minimum atomic E-state index is -1.89. The van der Waals surface area contributed by atoms with Crippen molar-refractivity contribution in [1.29, 1.82) is 0 Å². The first-order valence-electron chi connectivity index (χ1n) is 8.85. The summed E-state index contributed by atoms with van der Waals surface area (Å²) in [7, 11) is 0. The average molecular weight is 340 g/mol. The van der Waals surface area contributed by atoms with Crippen LogP contribution in [0.2, 0.25) is 0 Å². The molecule has 2 amide bonds. The molecule has 0 saturated carbocycles. The predicted molar refractivity (Wildman–Crippen MR) is 90.5 cm³/mol. The third kappa shape index (κ3) is 4.95. The van der Waals surface area contributed by atoms with Crippen LogP contribution in [0.1, 0.15) is 52.9 Å². The van der Waals surface area contributed by atoms with Crippen molar-refractivity contribution in [1.82, 2.24) is 9.80 Å². The van der Waals surface area contributed by atoms with Gasteiger partial charge in [0.05, 0.1) is 0 Å². The number of allylic oxidation sites excluding steroid dienone is 1. The normalized spacial score (nSPS) is 25.8. The molecule has 1 aliphatic carbocycles. The smallest absolute Gasteiger partial charge is 0.410 e. The van der Waals surface area contributed by atoms with Crippen molar-refractivity contribution >= 4 is 12.0 Å². The summed E-state index contributed by atoms with van der Waals surface area (Å²) < 4.78 is 20.4. The summed E-state index contributed by atoms with van der Waals surface area (Å²) in [6.45, 7) is 6.89. The zero-order chi connectivity index (χ0) is 17.8. The summed E-state index contributed by atoms with van der Waals surface area (Å²) in [4.78, 5) is 27.8. The second-order valence-corrected chi connectivity index (χ2v) is 7.62.